The zero-order valence-corrected chi connectivity index (χ0v) is 6.89. The van der Waals surface area contributed by atoms with Gasteiger partial charge in [-0.2, -0.15) is 13.2 Å². The standard InChI is InChI=1S/C7H9F3O3/c1-4(6(11)12)3-13-5(2)7(8,9)10/h5H,1,3H2,2H3,(H,11,12). The summed E-state index contributed by atoms with van der Waals surface area (Å²) in [7, 11) is 0. The van der Waals surface area contributed by atoms with E-state index in [1.54, 1.807) is 0 Å². The zero-order chi connectivity index (χ0) is 10.6. The largest absolute Gasteiger partial charge is 0.478 e. The smallest absolute Gasteiger partial charge is 0.414 e. The molecule has 1 atom stereocenters. The van der Waals surface area contributed by atoms with Crippen LogP contribution in [0.5, 0.6) is 0 Å². The molecule has 0 saturated carbocycles. The number of carboxylic acid groups (broad SMARTS) is 1. The minimum absolute atomic E-state index is 0.406. The Kier molecular flexibility index (Phi) is 3.93. The number of hydrogen-bond donors (Lipinski definition) is 1. The Balaban J connectivity index is 3.91. The molecule has 1 unspecified atom stereocenters. The number of halogens is 3. The van der Waals surface area contributed by atoms with Gasteiger partial charge in [-0.15, -0.1) is 0 Å². The summed E-state index contributed by atoms with van der Waals surface area (Å²) < 4.78 is 39.6. The van der Waals surface area contributed by atoms with Crippen LogP contribution in [0, 0.1) is 0 Å². The van der Waals surface area contributed by atoms with Crippen LogP contribution in [-0.2, 0) is 9.53 Å². The SMILES string of the molecule is C=C(COC(C)C(F)(F)F)C(=O)O. The van der Waals surface area contributed by atoms with Crippen LogP contribution in [0.1, 0.15) is 6.92 Å². The van der Waals surface area contributed by atoms with Gasteiger partial charge in [-0.1, -0.05) is 6.58 Å². The third-order valence-electron chi connectivity index (χ3n) is 1.27. The van der Waals surface area contributed by atoms with Crippen molar-refractivity contribution >= 4 is 5.97 Å². The molecular formula is C7H9F3O3. The van der Waals surface area contributed by atoms with Crippen molar-refractivity contribution in [2.24, 2.45) is 0 Å². The number of carbonyl (C=O) groups is 1. The van der Waals surface area contributed by atoms with Crippen molar-refractivity contribution in [3.8, 4) is 0 Å². The fourth-order valence-electron chi connectivity index (χ4n) is 0.382. The predicted octanol–water partition coefficient (Wildman–Crippen LogP) is 1.59. The van der Waals surface area contributed by atoms with Gasteiger partial charge in [-0.3, -0.25) is 0 Å². The molecule has 6 heteroatoms. The predicted molar refractivity (Wildman–Crippen MR) is 38.2 cm³/mol. The van der Waals surface area contributed by atoms with E-state index >= 15 is 0 Å². The number of aliphatic carboxylic acids is 1. The Labute approximate surface area is 72.8 Å². The van der Waals surface area contributed by atoms with Crippen molar-refractivity contribution in [1.29, 1.82) is 0 Å². The van der Waals surface area contributed by atoms with Crippen LogP contribution >= 0.6 is 0 Å². The van der Waals surface area contributed by atoms with Crippen LogP contribution in [0.3, 0.4) is 0 Å². The highest BCUT2D eigenvalue weighted by atomic mass is 19.4. The van der Waals surface area contributed by atoms with Gasteiger partial charge >= 0.3 is 12.1 Å². The first-order valence-electron chi connectivity index (χ1n) is 3.34. The quantitative estimate of drug-likeness (QED) is 0.698. The third-order valence-corrected chi connectivity index (χ3v) is 1.27. The van der Waals surface area contributed by atoms with Crippen molar-refractivity contribution in [1.82, 2.24) is 0 Å². The van der Waals surface area contributed by atoms with E-state index in [9.17, 15) is 18.0 Å². The lowest BCUT2D eigenvalue weighted by molar-refractivity contribution is -0.212. The van der Waals surface area contributed by atoms with Gasteiger partial charge in [-0.05, 0) is 6.92 Å². The van der Waals surface area contributed by atoms with Gasteiger partial charge in [-0.25, -0.2) is 4.79 Å². The second kappa shape index (κ2) is 4.27. The van der Waals surface area contributed by atoms with Crippen molar-refractivity contribution in [3.05, 3.63) is 12.2 Å². The lowest BCUT2D eigenvalue weighted by Gasteiger charge is -2.15. The van der Waals surface area contributed by atoms with Crippen LogP contribution in [-0.4, -0.2) is 30.0 Å². The first-order chi connectivity index (χ1) is 5.75. The molecule has 0 aromatic carbocycles. The van der Waals surface area contributed by atoms with Gasteiger partial charge in [0.05, 0.1) is 12.2 Å². The first-order valence-corrected chi connectivity index (χ1v) is 3.34. The minimum atomic E-state index is -4.47. The third kappa shape index (κ3) is 4.51. The van der Waals surface area contributed by atoms with Crippen molar-refractivity contribution in [2.45, 2.75) is 19.2 Å². The zero-order valence-electron chi connectivity index (χ0n) is 6.89. The van der Waals surface area contributed by atoms with E-state index < -0.39 is 30.4 Å². The lowest BCUT2D eigenvalue weighted by Crippen LogP contribution is -2.29. The molecule has 0 aromatic heterocycles. The van der Waals surface area contributed by atoms with Gasteiger partial charge in [0, 0.05) is 0 Å². The van der Waals surface area contributed by atoms with E-state index in [-0.39, 0.29) is 0 Å². The monoisotopic (exact) mass is 198 g/mol. The molecule has 0 amide bonds. The Morgan fingerprint density at radius 1 is 1.62 bits per heavy atom. The molecule has 3 nitrogen and oxygen atoms in total. The van der Waals surface area contributed by atoms with Gasteiger partial charge in [0.15, 0.2) is 6.10 Å². The molecule has 0 rings (SSSR count). The number of alkyl halides is 3. The van der Waals surface area contributed by atoms with E-state index in [4.69, 9.17) is 5.11 Å². The van der Waals surface area contributed by atoms with Crippen molar-refractivity contribution in [3.63, 3.8) is 0 Å². The summed E-state index contributed by atoms with van der Waals surface area (Å²) in [5, 5.41) is 8.24. The van der Waals surface area contributed by atoms with Crippen molar-refractivity contribution in [2.75, 3.05) is 6.61 Å². The van der Waals surface area contributed by atoms with E-state index in [0.29, 0.717) is 0 Å². The summed E-state index contributed by atoms with van der Waals surface area (Å²) in [4.78, 5) is 10.1. The van der Waals surface area contributed by atoms with E-state index in [2.05, 4.69) is 11.3 Å². The molecule has 1 N–H and O–H groups in total. The number of rotatable bonds is 4. The molecule has 0 aliphatic heterocycles. The lowest BCUT2D eigenvalue weighted by atomic mass is 10.3. The fraction of sp³-hybridized carbons (Fsp3) is 0.571. The molecule has 0 bridgehead atoms. The molecule has 0 fully saturated rings. The Morgan fingerprint density at radius 2 is 2.08 bits per heavy atom. The topological polar surface area (TPSA) is 46.5 Å². The average molecular weight is 198 g/mol. The maximum absolute atomic E-state index is 11.8. The minimum Gasteiger partial charge on any atom is -0.478 e. The number of ether oxygens (including phenoxy) is 1. The second-order valence-electron chi connectivity index (χ2n) is 2.40. The van der Waals surface area contributed by atoms with Gasteiger partial charge < -0.3 is 9.84 Å². The highest BCUT2D eigenvalue weighted by molar-refractivity contribution is 5.85. The summed E-state index contributed by atoms with van der Waals surface area (Å²) in [6, 6.07) is 0. The Bertz CT molecular complexity index is 210. The molecule has 13 heavy (non-hydrogen) atoms. The molecule has 0 aromatic rings. The van der Waals surface area contributed by atoms with Crippen LogP contribution in [0.25, 0.3) is 0 Å². The number of carboxylic acids is 1. The molecular weight excluding hydrogens is 189 g/mol. The average Bonchev–Trinajstić information content (AvgIpc) is 1.97. The summed E-state index contributed by atoms with van der Waals surface area (Å²) in [5.41, 5.74) is -0.406. The highest BCUT2D eigenvalue weighted by Crippen LogP contribution is 2.22. The summed E-state index contributed by atoms with van der Waals surface area (Å²) >= 11 is 0. The normalized spacial score (nSPS) is 13.8. The highest BCUT2D eigenvalue weighted by Gasteiger charge is 2.37. The van der Waals surface area contributed by atoms with Gasteiger partial charge in [0.1, 0.15) is 0 Å². The fourth-order valence-corrected chi connectivity index (χ4v) is 0.382. The molecule has 76 valence electrons. The Hall–Kier alpha value is -1.04. The number of hydrogen-bond acceptors (Lipinski definition) is 2. The summed E-state index contributed by atoms with van der Waals surface area (Å²) in [6.45, 7) is 3.19. The maximum Gasteiger partial charge on any atom is 0.414 e. The van der Waals surface area contributed by atoms with E-state index in [1.807, 2.05) is 0 Å². The summed E-state index contributed by atoms with van der Waals surface area (Å²) in [6.07, 6.45) is -6.46. The Morgan fingerprint density at radius 3 is 2.38 bits per heavy atom. The summed E-state index contributed by atoms with van der Waals surface area (Å²) in [5.74, 6) is -1.37. The molecule has 0 saturated heterocycles. The van der Waals surface area contributed by atoms with Crippen molar-refractivity contribution < 1.29 is 27.8 Å². The van der Waals surface area contributed by atoms with E-state index in [0.717, 1.165) is 6.92 Å². The first kappa shape index (κ1) is 12.0. The van der Waals surface area contributed by atoms with Crippen LogP contribution in [0.4, 0.5) is 13.2 Å². The van der Waals surface area contributed by atoms with Crippen LogP contribution in [0.2, 0.25) is 0 Å². The van der Waals surface area contributed by atoms with Crippen LogP contribution in [0.15, 0.2) is 12.2 Å². The molecule has 0 aliphatic rings. The molecule has 0 radical (unpaired) electrons. The van der Waals surface area contributed by atoms with Gasteiger partial charge in [0.25, 0.3) is 0 Å². The molecule has 0 heterocycles. The maximum atomic E-state index is 11.8. The van der Waals surface area contributed by atoms with Gasteiger partial charge in [0.2, 0.25) is 0 Å². The molecule has 0 spiro atoms. The molecule has 0 aliphatic carbocycles. The second-order valence-corrected chi connectivity index (χ2v) is 2.40. The van der Waals surface area contributed by atoms with E-state index in [1.165, 1.54) is 0 Å². The van der Waals surface area contributed by atoms with Crippen LogP contribution < -0.4 is 0 Å².